The molecule has 5 nitrogen and oxygen atoms in total. The van der Waals surface area contributed by atoms with E-state index >= 15 is 0 Å². The molecular weight excluding hydrogens is 314 g/mol. The SMILES string of the molecule is COc1ccc(/C=N\Nc2cc(C)c3cccc(C)c3n2)cc1OC. The van der Waals surface area contributed by atoms with Crippen LogP contribution in [-0.4, -0.2) is 25.4 Å². The van der Waals surface area contributed by atoms with Crippen LogP contribution in [0, 0.1) is 13.8 Å². The molecule has 0 spiro atoms. The highest BCUT2D eigenvalue weighted by molar-refractivity contribution is 5.86. The van der Waals surface area contributed by atoms with Crippen LogP contribution in [0.4, 0.5) is 5.82 Å². The molecule has 0 aliphatic rings. The number of ether oxygens (including phenoxy) is 2. The summed E-state index contributed by atoms with van der Waals surface area (Å²) in [6, 6.07) is 13.8. The molecule has 3 rings (SSSR count). The number of para-hydroxylation sites is 1. The van der Waals surface area contributed by atoms with Crippen molar-refractivity contribution >= 4 is 22.9 Å². The number of pyridine rings is 1. The molecule has 0 aliphatic heterocycles. The first kappa shape index (κ1) is 16.8. The maximum Gasteiger partial charge on any atom is 0.161 e. The molecule has 0 unspecified atom stereocenters. The van der Waals surface area contributed by atoms with Gasteiger partial charge in [0, 0.05) is 5.39 Å². The van der Waals surface area contributed by atoms with Crippen molar-refractivity contribution in [1.29, 1.82) is 0 Å². The highest BCUT2D eigenvalue weighted by Crippen LogP contribution is 2.27. The lowest BCUT2D eigenvalue weighted by molar-refractivity contribution is 0.355. The van der Waals surface area contributed by atoms with Crippen LogP contribution in [0.1, 0.15) is 16.7 Å². The van der Waals surface area contributed by atoms with Gasteiger partial charge in [-0.2, -0.15) is 5.10 Å². The van der Waals surface area contributed by atoms with E-state index in [4.69, 9.17) is 9.47 Å². The minimum absolute atomic E-state index is 0.668. The van der Waals surface area contributed by atoms with Crippen LogP contribution in [0.3, 0.4) is 0 Å². The third-order valence-electron chi connectivity index (χ3n) is 4.05. The highest BCUT2D eigenvalue weighted by Gasteiger charge is 2.05. The van der Waals surface area contributed by atoms with Gasteiger partial charge in [-0.05, 0) is 54.8 Å². The lowest BCUT2D eigenvalue weighted by Crippen LogP contribution is -1.97. The first-order chi connectivity index (χ1) is 12.1. The van der Waals surface area contributed by atoms with Gasteiger partial charge in [0.1, 0.15) is 5.82 Å². The van der Waals surface area contributed by atoms with Crippen molar-refractivity contribution in [3.8, 4) is 11.5 Å². The summed E-state index contributed by atoms with van der Waals surface area (Å²) in [7, 11) is 3.23. The van der Waals surface area contributed by atoms with Gasteiger partial charge < -0.3 is 9.47 Å². The second-order valence-electron chi connectivity index (χ2n) is 5.78. The van der Waals surface area contributed by atoms with Gasteiger partial charge in [0.05, 0.1) is 26.0 Å². The maximum absolute atomic E-state index is 5.30. The number of nitrogens with zero attached hydrogens (tertiary/aromatic N) is 2. The number of nitrogens with one attached hydrogen (secondary N) is 1. The van der Waals surface area contributed by atoms with E-state index in [0.29, 0.717) is 11.5 Å². The quantitative estimate of drug-likeness (QED) is 0.557. The van der Waals surface area contributed by atoms with Gasteiger partial charge in [-0.3, -0.25) is 5.43 Å². The normalized spacial score (nSPS) is 11.0. The van der Waals surface area contributed by atoms with E-state index in [1.54, 1.807) is 20.4 Å². The summed E-state index contributed by atoms with van der Waals surface area (Å²) in [6.07, 6.45) is 1.72. The van der Waals surface area contributed by atoms with E-state index in [0.717, 1.165) is 33.4 Å². The van der Waals surface area contributed by atoms with Crippen LogP contribution in [0.5, 0.6) is 11.5 Å². The van der Waals surface area contributed by atoms with Crippen LogP contribution in [0.15, 0.2) is 47.6 Å². The first-order valence-electron chi connectivity index (χ1n) is 8.00. The fraction of sp³-hybridized carbons (Fsp3) is 0.200. The number of fused-ring (bicyclic) bond motifs is 1. The molecule has 0 amide bonds. The summed E-state index contributed by atoms with van der Waals surface area (Å²) in [5.74, 6) is 2.08. The Hall–Kier alpha value is -3.08. The summed E-state index contributed by atoms with van der Waals surface area (Å²) in [4.78, 5) is 4.66. The van der Waals surface area contributed by atoms with E-state index in [1.165, 1.54) is 0 Å². The van der Waals surface area contributed by atoms with Crippen LogP contribution >= 0.6 is 0 Å². The van der Waals surface area contributed by atoms with E-state index < -0.39 is 0 Å². The number of rotatable bonds is 5. The molecule has 0 saturated heterocycles. The number of aryl methyl sites for hydroxylation is 2. The molecule has 25 heavy (non-hydrogen) atoms. The van der Waals surface area contributed by atoms with Gasteiger partial charge in [-0.1, -0.05) is 18.2 Å². The second-order valence-corrected chi connectivity index (χ2v) is 5.78. The van der Waals surface area contributed by atoms with Crippen LogP contribution in [-0.2, 0) is 0 Å². The Balaban J connectivity index is 1.83. The third kappa shape index (κ3) is 3.55. The number of benzene rings is 2. The lowest BCUT2D eigenvalue weighted by atomic mass is 10.1. The van der Waals surface area contributed by atoms with E-state index in [2.05, 4.69) is 47.6 Å². The van der Waals surface area contributed by atoms with Gasteiger partial charge >= 0.3 is 0 Å². The molecule has 2 aromatic carbocycles. The number of hydrogen-bond acceptors (Lipinski definition) is 5. The zero-order valence-corrected chi connectivity index (χ0v) is 14.8. The molecule has 3 aromatic rings. The van der Waals surface area contributed by atoms with Gasteiger partial charge in [0.2, 0.25) is 0 Å². The molecule has 5 heteroatoms. The summed E-state index contributed by atoms with van der Waals surface area (Å²) >= 11 is 0. The monoisotopic (exact) mass is 335 g/mol. The Labute approximate surface area is 147 Å². The molecule has 0 saturated carbocycles. The van der Waals surface area contributed by atoms with Crippen molar-refractivity contribution < 1.29 is 9.47 Å². The molecule has 1 heterocycles. The molecule has 0 aliphatic carbocycles. The van der Waals surface area contributed by atoms with E-state index in [1.807, 2.05) is 24.3 Å². The molecule has 128 valence electrons. The summed E-state index contributed by atoms with van der Waals surface area (Å²) in [6.45, 7) is 4.14. The van der Waals surface area contributed by atoms with Crippen LogP contribution < -0.4 is 14.9 Å². The summed E-state index contributed by atoms with van der Waals surface area (Å²) in [5, 5.41) is 5.45. The fourth-order valence-corrected chi connectivity index (χ4v) is 2.72. The zero-order chi connectivity index (χ0) is 17.8. The van der Waals surface area contributed by atoms with Crippen molar-refractivity contribution in [2.45, 2.75) is 13.8 Å². The predicted molar refractivity (Wildman–Crippen MR) is 102 cm³/mol. The minimum atomic E-state index is 0.668. The van der Waals surface area contributed by atoms with E-state index in [-0.39, 0.29) is 0 Å². The standard InChI is InChI=1S/C20H21N3O2/c1-13-6-5-7-16-14(2)10-19(22-20(13)16)23-21-12-15-8-9-17(24-3)18(11-15)25-4/h5-12H,1-4H3,(H,22,23)/b21-12-. The predicted octanol–water partition coefficient (Wildman–Crippen LogP) is 4.31. The highest BCUT2D eigenvalue weighted by atomic mass is 16.5. The van der Waals surface area contributed by atoms with Crippen molar-refractivity contribution in [2.24, 2.45) is 5.10 Å². The van der Waals surface area contributed by atoms with E-state index in [9.17, 15) is 0 Å². The molecule has 1 N–H and O–H groups in total. The van der Waals surface area contributed by atoms with Crippen molar-refractivity contribution in [3.63, 3.8) is 0 Å². The number of anilines is 1. The Morgan fingerprint density at radius 1 is 0.960 bits per heavy atom. The van der Waals surface area contributed by atoms with Gasteiger partial charge in [0.25, 0.3) is 0 Å². The molecular formula is C20H21N3O2. The van der Waals surface area contributed by atoms with Gasteiger partial charge in [-0.25, -0.2) is 4.98 Å². The minimum Gasteiger partial charge on any atom is -0.493 e. The summed E-state index contributed by atoms with van der Waals surface area (Å²) in [5.41, 5.74) is 7.21. The topological polar surface area (TPSA) is 55.7 Å². The lowest BCUT2D eigenvalue weighted by Gasteiger charge is -2.08. The molecule has 0 bridgehead atoms. The van der Waals surface area contributed by atoms with Crippen LogP contribution in [0.25, 0.3) is 10.9 Å². The average Bonchev–Trinajstić information content (AvgIpc) is 2.62. The Morgan fingerprint density at radius 3 is 2.52 bits per heavy atom. The Morgan fingerprint density at radius 2 is 1.76 bits per heavy atom. The molecule has 0 fully saturated rings. The number of hydrazone groups is 1. The first-order valence-corrected chi connectivity index (χ1v) is 8.00. The number of hydrogen-bond donors (Lipinski definition) is 1. The number of aromatic nitrogens is 1. The van der Waals surface area contributed by atoms with Crippen molar-refractivity contribution in [3.05, 3.63) is 59.2 Å². The van der Waals surface area contributed by atoms with Gasteiger partial charge in [-0.15, -0.1) is 0 Å². The average molecular weight is 335 g/mol. The Bertz CT molecular complexity index is 936. The van der Waals surface area contributed by atoms with Crippen molar-refractivity contribution in [2.75, 3.05) is 19.6 Å². The molecule has 1 aromatic heterocycles. The second kappa shape index (κ2) is 7.21. The van der Waals surface area contributed by atoms with Crippen molar-refractivity contribution in [1.82, 2.24) is 4.98 Å². The summed E-state index contributed by atoms with van der Waals surface area (Å²) < 4.78 is 10.5. The maximum atomic E-state index is 5.30. The van der Waals surface area contributed by atoms with Gasteiger partial charge in [0.15, 0.2) is 11.5 Å². The smallest absolute Gasteiger partial charge is 0.161 e. The third-order valence-corrected chi connectivity index (χ3v) is 4.05. The zero-order valence-electron chi connectivity index (χ0n) is 14.8. The fourth-order valence-electron chi connectivity index (χ4n) is 2.72. The van der Waals surface area contributed by atoms with Crippen LogP contribution in [0.2, 0.25) is 0 Å². The number of methoxy groups -OCH3 is 2. The largest absolute Gasteiger partial charge is 0.493 e. The Kier molecular flexibility index (Phi) is 4.84. The molecule has 0 radical (unpaired) electrons. The molecule has 0 atom stereocenters.